The zero-order chi connectivity index (χ0) is 8.97. The maximum absolute atomic E-state index is 11.1. The first kappa shape index (κ1) is 9.52. The van der Waals surface area contributed by atoms with Crippen molar-refractivity contribution >= 4 is 5.91 Å². The van der Waals surface area contributed by atoms with E-state index in [-0.39, 0.29) is 5.91 Å². The number of rotatable bonds is 1. The minimum Gasteiger partial charge on any atom is -0.343 e. The Kier molecular flexibility index (Phi) is 3.53. The second kappa shape index (κ2) is 4.45. The van der Waals surface area contributed by atoms with Crippen molar-refractivity contribution in [2.45, 2.75) is 26.2 Å². The first-order valence-electron chi connectivity index (χ1n) is 4.69. The average Bonchev–Trinajstić information content (AvgIpc) is 2.28. The van der Waals surface area contributed by atoms with Crippen LogP contribution in [0.15, 0.2) is 0 Å². The lowest BCUT2D eigenvalue weighted by molar-refractivity contribution is -0.129. The van der Waals surface area contributed by atoms with Crippen molar-refractivity contribution in [3.8, 4) is 0 Å². The summed E-state index contributed by atoms with van der Waals surface area (Å²) in [5.74, 6) is 0.715. The molecule has 2 N–H and O–H groups in total. The number of amides is 1. The highest BCUT2D eigenvalue weighted by atomic mass is 16.2. The fraction of sp³-hybridized carbons (Fsp3) is 0.889. The highest BCUT2D eigenvalue weighted by Gasteiger charge is 2.18. The zero-order valence-corrected chi connectivity index (χ0v) is 7.75. The van der Waals surface area contributed by atoms with E-state index in [1.54, 1.807) is 6.92 Å². The van der Waals surface area contributed by atoms with Gasteiger partial charge in [0.1, 0.15) is 0 Å². The quantitative estimate of drug-likeness (QED) is 0.626. The highest BCUT2D eigenvalue weighted by Crippen LogP contribution is 2.15. The Morgan fingerprint density at radius 3 is 2.92 bits per heavy atom. The molecule has 0 radical (unpaired) electrons. The van der Waals surface area contributed by atoms with E-state index in [9.17, 15) is 4.79 Å². The second-order valence-electron chi connectivity index (χ2n) is 3.56. The fourth-order valence-corrected chi connectivity index (χ4v) is 1.71. The Balaban J connectivity index is 2.47. The summed E-state index contributed by atoms with van der Waals surface area (Å²) in [7, 11) is 0. The molecule has 0 spiro atoms. The summed E-state index contributed by atoms with van der Waals surface area (Å²) in [4.78, 5) is 13.0. The molecule has 1 amide bonds. The van der Waals surface area contributed by atoms with E-state index in [1.165, 1.54) is 12.8 Å². The molecule has 1 rings (SSSR count). The molecule has 0 bridgehead atoms. The van der Waals surface area contributed by atoms with Gasteiger partial charge in [0, 0.05) is 20.0 Å². The largest absolute Gasteiger partial charge is 0.343 e. The third kappa shape index (κ3) is 2.48. The molecule has 1 aliphatic rings. The third-order valence-electron chi connectivity index (χ3n) is 2.55. The van der Waals surface area contributed by atoms with Crippen LogP contribution in [0.5, 0.6) is 0 Å². The Hall–Kier alpha value is -0.570. The predicted octanol–water partition coefficient (Wildman–Crippen LogP) is 0.594. The van der Waals surface area contributed by atoms with Crippen molar-refractivity contribution in [2.75, 3.05) is 19.6 Å². The summed E-state index contributed by atoms with van der Waals surface area (Å²) in [5.41, 5.74) is 5.60. The first-order valence-corrected chi connectivity index (χ1v) is 4.69. The van der Waals surface area contributed by atoms with Crippen LogP contribution in [0, 0.1) is 5.92 Å². The van der Waals surface area contributed by atoms with Gasteiger partial charge in [0.25, 0.3) is 0 Å². The second-order valence-corrected chi connectivity index (χ2v) is 3.56. The molecule has 0 aromatic rings. The van der Waals surface area contributed by atoms with Gasteiger partial charge in [-0.05, 0) is 25.3 Å². The molecule has 1 heterocycles. The Bertz CT molecular complexity index is 159. The van der Waals surface area contributed by atoms with Crippen molar-refractivity contribution in [3.63, 3.8) is 0 Å². The lowest BCUT2D eigenvalue weighted by atomic mass is 10.0. The fourth-order valence-electron chi connectivity index (χ4n) is 1.71. The van der Waals surface area contributed by atoms with E-state index < -0.39 is 0 Å². The molecule has 1 unspecified atom stereocenters. The van der Waals surface area contributed by atoms with Gasteiger partial charge in [-0.3, -0.25) is 4.79 Å². The van der Waals surface area contributed by atoms with Gasteiger partial charge in [0.05, 0.1) is 0 Å². The SMILES string of the molecule is CC(=O)N1CCCCC(CN)C1. The summed E-state index contributed by atoms with van der Waals surface area (Å²) in [5, 5.41) is 0. The van der Waals surface area contributed by atoms with E-state index in [0.29, 0.717) is 12.5 Å². The van der Waals surface area contributed by atoms with Crippen LogP contribution in [0.3, 0.4) is 0 Å². The summed E-state index contributed by atoms with van der Waals surface area (Å²) < 4.78 is 0. The maximum Gasteiger partial charge on any atom is 0.219 e. The van der Waals surface area contributed by atoms with Gasteiger partial charge >= 0.3 is 0 Å². The smallest absolute Gasteiger partial charge is 0.219 e. The van der Waals surface area contributed by atoms with E-state index >= 15 is 0 Å². The molecule has 12 heavy (non-hydrogen) atoms. The van der Waals surface area contributed by atoms with Crippen molar-refractivity contribution in [2.24, 2.45) is 11.7 Å². The molecule has 70 valence electrons. The van der Waals surface area contributed by atoms with Gasteiger partial charge in [-0.25, -0.2) is 0 Å². The van der Waals surface area contributed by atoms with Crippen molar-refractivity contribution in [1.29, 1.82) is 0 Å². The van der Waals surface area contributed by atoms with Gasteiger partial charge in [0.15, 0.2) is 0 Å². The molecule has 1 fully saturated rings. The summed E-state index contributed by atoms with van der Waals surface area (Å²) in [6, 6.07) is 0. The maximum atomic E-state index is 11.1. The Morgan fingerprint density at radius 1 is 1.58 bits per heavy atom. The molecule has 0 aliphatic carbocycles. The van der Waals surface area contributed by atoms with Crippen molar-refractivity contribution < 1.29 is 4.79 Å². The number of hydrogen-bond donors (Lipinski definition) is 1. The van der Waals surface area contributed by atoms with Crippen LogP contribution in [-0.2, 0) is 4.79 Å². The molecule has 0 aromatic carbocycles. The lowest BCUT2D eigenvalue weighted by Crippen LogP contribution is -2.34. The van der Waals surface area contributed by atoms with Gasteiger partial charge < -0.3 is 10.6 Å². The first-order chi connectivity index (χ1) is 5.74. The normalized spacial score (nSPS) is 25.2. The Morgan fingerprint density at radius 2 is 2.33 bits per heavy atom. The third-order valence-corrected chi connectivity index (χ3v) is 2.55. The summed E-state index contributed by atoms with van der Waals surface area (Å²) >= 11 is 0. The minimum absolute atomic E-state index is 0.190. The standard InChI is InChI=1S/C9H18N2O/c1-8(12)11-5-3-2-4-9(6-10)7-11/h9H,2-7,10H2,1H3. The number of nitrogens with two attached hydrogens (primary N) is 1. The number of carbonyl (C=O) groups excluding carboxylic acids is 1. The lowest BCUT2D eigenvalue weighted by Gasteiger charge is -2.21. The predicted molar refractivity (Wildman–Crippen MR) is 48.6 cm³/mol. The van der Waals surface area contributed by atoms with Crippen LogP contribution in [0.25, 0.3) is 0 Å². The van der Waals surface area contributed by atoms with Gasteiger partial charge in [-0.2, -0.15) is 0 Å². The summed E-state index contributed by atoms with van der Waals surface area (Å²) in [6.45, 7) is 4.14. The number of nitrogens with zero attached hydrogens (tertiary/aromatic N) is 1. The van der Waals surface area contributed by atoms with E-state index in [0.717, 1.165) is 19.5 Å². The van der Waals surface area contributed by atoms with E-state index in [4.69, 9.17) is 5.73 Å². The van der Waals surface area contributed by atoms with Gasteiger partial charge in [-0.15, -0.1) is 0 Å². The van der Waals surface area contributed by atoms with Crippen LogP contribution in [0.4, 0.5) is 0 Å². The number of carbonyl (C=O) groups is 1. The molecule has 0 aromatic heterocycles. The van der Waals surface area contributed by atoms with Crippen LogP contribution in [0.1, 0.15) is 26.2 Å². The number of likely N-dealkylation sites (tertiary alicyclic amines) is 1. The van der Waals surface area contributed by atoms with E-state index in [1.807, 2.05) is 4.90 Å². The minimum atomic E-state index is 0.190. The van der Waals surface area contributed by atoms with Crippen LogP contribution in [-0.4, -0.2) is 30.4 Å². The topological polar surface area (TPSA) is 46.3 Å². The molecule has 0 saturated carbocycles. The van der Waals surface area contributed by atoms with Crippen LogP contribution >= 0.6 is 0 Å². The highest BCUT2D eigenvalue weighted by molar-refractivity contribution is 5.73. The van der Waals surface area contributed by atoms with Gasteiger partial charge in [-0.1, -0.05) is 6.42 Å². The van der Waals surface area contributed by atoms with Crippen molar-refractivity contribution in [1.82, 2.24) is 4.90 Å². The van der Waals surface area contributed by atoms with E-state index in [2.05, 4.69) is 0 Å². The Labute approximate surface area is 73.9 Å². The number of hydrogen-bond acceptors (Lipinski definition) is 2. The monoisotopic (exact) mass is 170 g/mol. The molecule has 1 aliphatic heterocycles. The van der Waals surface area contributed by atoms with Crippen molar-refractivity contribution in [3.05, 3.63) is 0 Å². The van der Waals surface area contributed by atoms with Crippen LogP contribution < -0.4 is 5.73 Å². The van der Waals surface area contributed by atoms with Gasteiger partial charge in [0.2, 0.25) is 5.91 Å². The molecule has 3 heteroatoms. The summed E-state index contributed by atoms with van der Waals surface area (Å²) in [6.07, 6.45) is 3.53. The zero-order valence-electron chi connectivity index (χ0n) is 7.75. The van der Waals surface area contributed by atoms with Crippen LogP contribution in [0.2, 0.25) is 0 Å². The molecule has 3 nitrogen and oxygen atoms in total. The molecule has 1 saturated heterocycles. The molecule has 1 atom stereocenters. The molecular formula is C9H18N2O. The molecular weight excluding hydrogens is 152 g/mol. The average molecular weight is 170 g/mol.